The minimum absolute atomic E-state index is 0.185. The summed E-state index contributed by atoms with van der Waals surface area (Å²) in [7, 11) is 0. The molecule has 0 bridgehead atoms. The second-order valence-corrected chi connectivity index (χ2v) is 6.92. The first-order chi connectivity index (χ1) is 12.9. The molecule has 1 aliphatic heterocycles. The number of carbonyl (C=O) groups is 3. The molecule has 0 aromatic heterocycles. The maximum atomic E-state index is 12.6. The summed E-state index contributed by atoms with van der Waals surface area (Å²) in [5.74, 6) is -0.418. The fraction of sp³-hybridized carbons (Fsp3) is 0.286. The Morgan fingerprint density at radius 1 is 1.07 bits per heavy atom. The van der Waals surface area contributed by atoms with Crippen LogP contribution >= 0.6 is 0 Å². The lowest BCUT2D eigenvalue weighted by Crippen LogP contribution is -2.43. The van der Waals surface area contributed by atoms with Crippen LogP contribution in [0.4, 0.5) is 10.5 Å². The summed E-state index contributed by atoms with van der Waals surface area (Å²) >= 11 is 0. The zero-order valence-corrected chi connectivity index (χ0v) is 15.5. The van der Waals surface area contributed by atoms with Gasteiger partial charge in [0.15, 0.2) is 0 Å². The van der Waals surface area contributed by atoms with Crippen molar-refractivity contribution in [3.05, 3.63) is 65.7 Å². The quantitative estimate of drug-likeness (QED) is 0.769. The van der Waals surface area contributed by atoms with E-state index < -0.39 is 5.54 Å². The van der Waals surface area contributed by atoms with Crippen molar-refractivity contribution in [2.45, 2.75) is 38.8 Å². The molecule has 0 saturated carbocycles. The highest BCUT2D eigenvalue weighted by Crippen LogP contribution is 2.24. The number of anilines is 1. The monoisotopic (exact) mass is 365 g/mol. The Hall–Kier alpha value is -3.15. The van der Waals surface area contributed by atoms with E-state index in [9.17, 15) is 14.4 Å². The van der Waals surface area contributed by atoms with Gasteiger partial charge >= 0.3 is 6.03 Å². The molecule has 27 heavy (non-hydrogen) atoms. The fourth-order valence-electron chi connectivity index (χ4n) is 3.23. The number of rotatable bonds is 6. The number of urea groups is 1. The van der Waals surface area contributed by atoms with Crippen molar-refractivity contribution in [1.29, 1.82) is 0 Å². The van der Waals surface area contributed by atoms with E-state index >= 15 is 0 Å². The molecule has 0 radical (unpaired) electrons. The highest BCUT2D eigenvalue weighted by Gasteiger charge is 2.46. The van der Waals surface area contributed by atoms with E-state index in [0.29, 0.717) is 12.0 Å². The van der Waals surface area contributed by atoms with Crippen LogP contribution in [0.1, 0.15) is 42.6 Å². The van der Waals surface area contributed by atoms with Gasteiger partial charge in [0.2, 0.25) is 0 Å². The molecule has 1 fully saturated rings. The van der Waals surface area contributed by atoms with Crippen LogP contribution in [0.25, 0.3) is 0 Å². The molecule has 0 unspecified atom stereocenters. The Balaban J connectivity index is 1.66. The first kappa shape index (κ1) is 18.6. The normalized spacial score (nSPS) is 19.1. The lowest BCUT2D eigenvalue weighted by Gasteiger charge is -2.20. The Bertz CT molecular complexity index is 849. The minimum atomic E-state index is -0.832. The second kappa shape index (κ2) is 7.61. The number of nitrogens with one attached hydrogen (secondary N) is 2. The maximum Gasteiger partial charge on any atom is 0.325 e. The van der Waals surface area contributed by atoms with Gasteiger partial charge in [0, 0.05) is 11.3 Å². The lowest BCUT2D eigenvalue weighted by molar-refractivity contribution is -0.131. The van der Waals surface area contributed by atoms with Crippen LogP contribution < -0.4 is 10.6 Å². The van der Waals surface area contributed by atoms with E-state index in [-0.39, 0.29) is 24.4 Å². The summed E-state index contributed by atoms with van der Waals surface area (Å²) in [4.78, 5) is 38.3. The lowest BCUT2D eigenvalue weighted by atomic mass is 9.96. The minimum Gasteiger partial charge on any atom is -0.323 e. The molecule has 140 valence electrons. The average molecular weight is 365 g/mol. The Kier molecular flexibility index (Phi) is 5.26. The molecule has 1 heterocycles. The molecular formula is C21H23N3O3. The third kappa shape index (κ3) is 4.00. The van der Waals surface area contributed by atoms with Crippen LogP contribution in [0.3, 0.4) is 0 Å². The molecule has 1 saturated heterocycles. The molecule has 3 rings (SSSR count). The highest BCUT2D eigenvalue weighted by atomic mass is 16.2. The van der Waals surface area contributed by atoms with Crippen LogP contribution in [-0.2, 0) is 11.3 Å². The van der Waals surface area contributed by atoms with Crippen molar-refractivity contribution >= 4 is 23.5 Å². The van der Waals surface area contributed by atoms with E-state index in [1.54, 1.807) is 31.2 Å². The van der Waals surface area contributed by atoms with Gasteiger partial charge < -0.3 is 10.6 Å². The number of hydrogen-bond donors (Lipinski definition) is 2. The van der Waals surface area contributed by atoms with Gasteiger partial charge in [0.05, 0.1) is 6.54 Å². The number of hydrogen-bond acceptors (Lipinski definition) is 3. The molecule has 1 aliphatic rings. The Morgan fingerprint density at radius 2 is 1.74 bits per heavy atom. The average Bonchev–Trinajstić information content (AvgIpc) is 2.86. The van der Waals surface area contributed by atoms with Gasteiger partial charge in [-0.25, -0.2) is 4.79 Å². The molecular weight excluding hydrogens is 342 g/mol. The van der Waals surface area contributed by atoms with Gasteiger partial charge in [-0.05, 0) is 43.2 Å². The Labute approximate surface area is 158 Å². The number of nitrogens with zero attached hydrogens (tertiary/aromatic N) is 1. The fourth-order valence-corrected chi connectivity index (χ4v) is 3.23. The highest BCUT2D eigenvalue weighted by molar-refractivity contribution is 6.07. The third-order valence-corrected chi connectivity index (χ3v) is 4.68. The smallest absolute Gasteiger partial charge is 0.323 e. The maximum absolute atomic E-state index is 12.6. The molecule has 0 spiro atoms. The topological polar surface area (TPSA) is 78.5 Å². The van der Waals surface area contributed by atoms with Crippen molar-refractivity contribution in [3.63, 3.8) is 0 Å². The molecule has 4 amide bonds. The predicted octanol–water partition coefficient (Wildman–Crippen LogP) is 3.55. The van der Waals surface area contributed by atoms with Gasteiger partial charge in [-0.3, -0.25) is 14.5 Å². The van der Waals surface area contributed by atoms with Crippen molar-refractivity contribution < 1.29 is 14.4 Å². The Morgan fingerprint density at radius 3 is 2.37 bits per heavy atom. The van der Waals surface area contributed by atoms with Gasteiger partial charge in [0.25, 0.3) is 11.8 Å². The SMILES string of the molecule is CCC[C@@]1(C)NC(=O)N(Cc2ccc(C(=O)Nc3ccccc3)cc2)C1=O. The van der Waals surface area contributed by atoms with Crippen LogP contribution in [0.5, 0.6) is 0 Å². The van der Waals surface area contributed by atoms with E-state index in [1.165, 1.54) is 4.90 Å². The number of amides is 4. The number of imide groups is 1. The van der Waals surface area contributed by atoms with Crippen molar-refractivity contribution in [2.75, 3.05) is 5.32 Å². The molecule has 1 atom stereocenters. The molecule has 2 aromatic rings. The van der Waals surface area contributed by atoms with Gasteiger partial charge in [-0.1, -0.05) is 43.7 Å². The van der Waals surface area contributed by atoms with E-state index in [0.717, 1.165) is 17.7 Å². The van der Waals surface area contributed by atoms with Gasteiger partial charge in [0.1, 0.15) is 5.54 Å². The van der Waals surface area contributed by atoms with Crippen LogP contribution in [0.15, 0.2) is 54.6 Å². The molecule has 2 N–H and O–H groups in total. The van der Waals surface area contributed by atoms with Crippen molar-refractivity contribution in [3.8, 4) is 0 Å². The van der Waals surface area contributed by atoms with Gasteiger partial charge in [-0.2, -0.15) is 0 Å². The zero-order chi connectivity index (χ0) is 19.4. The van der Waals surface area contributed by atoms with E-state index in [1.807, 2.05) is 37.3 Å². The summed E-state index contributed by atoms with van der Waals surface area (Å²) in [6, 6.07) is 15.7. The standard InChI is InChI=1S/C21H23N3O3/c1-3-13-21(2)19(26)24(20(27)23-21)14-15-9-11-16(12-10-15)18(25)22-17-7-5-4-6-8-17/h4-12H,3,13-14H2,1-2H3,(H,22,25)(H,23,27)/t21-/m1/s1. The number of benzene rings is 2. The number of carbonyl (C=O) groups excluding carboxylic acids is 3. The van der Waals surface area contributed by atoms with Crippen molar-refractivity contribution in [2.24, 2.45) is 0 Å². The molecule has 6 nitrogen and oxygen atoms in total. The summed E-state index contributed by atoms with van der Waals surface area (Å²) in [5.41, 5.74) is 1.19. The molecule has 0 aliphatic carbocycles. The third-order valence-electron chi connectivity index (χ3n) is 4.68. The summed E-state index contributed by atoms with van der Waals surface area (Å²) in [6.45, 7) is 3.92. The van der Waals surface area contributed by atoms with Crippen molar-refractivity contribution in [1.82, 2.24) is 10.2 Å². The van der Waals surface area contributed by atoms with Crippen LogP contribution in [-0.4, -0.2) is 28.3 Å². The number of para-hydroxylation sites is 1. The first-order valence-electron chi connectivity index (χ1n) is 9.02. The van der Waals surface area contributed by atoms with E-state index in [2.05, 4.69) is 10.6 Å². The second-order valence-electron chi connectivity index (χ2n) is 6.92. The summed E-state index contributed by atoms with van der Waals surface area (Å²) in [6.07, 6.45) is 1.41. The van der Waals surface area contributed by atoms with Gasteiger partial charge in [-0.15, -0.1) is 0 Å². The molecule has 6 heteroatoms. The molecule has 2 aromatic carbocycles. The summed E-state index contributed by atoms with van der Waals surface area (Å²) < 4.78 is 0. The largest absolute Gasteiger partial charge is 0.325 e. The predicted molar refractivity (Wildman–Crippen MR) is 103 cm³/mol. The van der Waals surface area contributed by atoms with Crippen LogP contribution in [0, 0.1) is 0 Å². The summed E-state index contributed by atoms with van der Waals surface area (Å²) in [5, 5.41) is 5.60. The van der Waals surface area contributed by atoms with E-state index in [4.69, 9.17) is 0 Å². The van der Waals surface area contributed by atoms with Crippen LogP contribution in [0.2, 0.25) is 0 Å². The first-order valence-corrected chi connectivity index (χ1v) is 9.02. The zero-order valence-electron chi connectivity index (χ0n) is 15.5.